The van der Waals surface area contributed by atoms with Gasteiger partial charge in [-0.15, -0.1) is 0 Å². The van der Waals surface area contributed by atoms with Crippen molar-refractivity contribution in [2.24, 2.45) is 0 Å². The first-order valence-corrected chi connectivity index (χ1v) is 10.5. The maximum atomic E-state index is 13.0. The maximum Gasteiger partial charge on any atom is 0.186 e. The Hall–Kier alpha value is -0.673. The van der Waals surface area contributed by atoms with Crippen LogP contribution in [0.25, 0.3) is 0 Å². The predicted octanol–water partition coefficient (Wildman–Crippen LogP) is 5.17. The van der Waals surface area contributed by atoms with Crippen LogP contribution >= 0.6 is 0 Å². The first-order chi connectivity index (χ1) is 9.03. The number of unbranched alkanes of at least 4 members (excludes halogenated alkanes) is 3. The monoisotopic (exact) mass is 282 g/mol. The largest absolute Gasteiger partial charge is 0.418 e. The summed E-state index contributed by atoms with van der Waals surface area (Å²) in [5.41, 5.74) is 1.11. The van der Waals surface area contributed by atoms with Gasteiger partial charge >= 0.3 is 0 Å². The van der Waals surface area contributed by atoms with Crippen molar-refractivity contribution in [3.63, 3.8) is 0 Å². The molecule has 0 radical (unpaired) electrons. The zero-order valence-electron chi connectivity index (χ0n) is 12.5. The molecule has 0 fully saturated rings. The van der Waals surface area contributed by atoms with E-state index < -0.39 is 8.32 Å². The normalized spacial score (nSPS) is 11.8. The van der Waals surface area contributed by atoms with Crippen molar-refractivity contribution in [2.45, 2.75) is 58.2 Å². The van der Waals surface area contributed by atoms with Crippen molar-refractivity contribution in [3.8, 4) is 0 Å². The van der Waals surface area contributed by atoms with Crippen LogP contribution in [-0.2, 0) is 10.8 Å². The third kappa shape index (κ3) is 7.48. The molecule has 0 aromatic heterocycles. The number of halogens is 1. The van der Waals surface area contributed by atoms with Gasteiger partial charge in [0.25, 0.3) is 0 Å². The molecule has 0 amide bonds. The second-order valence-corrected chi connectivity index (χ2v) is 10.0. The highest BCUT2D eigenvalue weighted by atomic mass is 28.4. The molecule has 0 bridgehead atoms. The Morgan fingerprint density at radius 3 is 2.53 bits per heavy atom. The quantitative estimate of drug-likeness (QED) is 0.448. The molecular weight excluding hydrogens is 255 g/mol. The van der Waals surface area contributed by atoms with Gasteiger partial charge in [0.1, 0.15) is 5.82 Å². The van der Waals surface area contributed by atoms with E-state index >= 15 is 0 Å². The molecule has 1 rings (SSSR count). The van der Waals surface area contributed by atoms with Crippen molar-refractivity contribution < 1.29 is 8.82 Å². The minimum atomic E-state index is -1.38. The Morgan fingerprint density at radius 1 is 1.11 bits per heavy atom. The Bertz CT molecular complexity index is 366. The van der Waals surface area contributed by atoms with Crippen LogP contribution in [0.15, 0.2) is 24.3 Å². The summed E-state index contributed by atoms with van der Waals surface area (Å²) in [5.74, 6) is -0.123. The fourth-order valence-corrected chi connectivity index (χ4v) is 4.42. The molecule has 0 N–H and O–H groups in total. The van der Waals surface area contributed by atoms with E-state index in [2.05, 4.69) is 20.0 Å². The summed E-state index contributed by atoms with van der Waals surface area (Å²) < 4.78 is 18.8. The zero-order chi connectivity index (χ0) is 14.1. The van der Waals surface area contributed by atoms with Crippen LogP contribution in [0.4, 0.5) is 4.39 Å². The lowest BCUT2D eigenvalue weighted by atomic mass is 10.1. The maximum absolute atomic E-state index is 13.0. The minimum Gasteiger partial charge on any atom is -0.418 e. The van der Waals surface area contributed by atoms with Gasteiger partial charge < -0.3 is 4.43 Å². The summed E-state index contributed by atoms with van der Waals surface area (Å²) in [6, 6.07) is 8.20. The molecule has 0 aliphatic carbocycles. The first kappa shape index (κ1) is 16.4. The molecule has 19 heavy (non-hydrogen) atoms. The van der Waals surface area contributed by atoms with E-state index in [-0.39, 0.29) is 5.82 Å². The molecule has 0 spiro atoms. The Balaban J connectivity index is 2.08. The lowest BCUT2D eigenvalue weighted by molar-refractivity contribution is 0.327. The second kappa shape index (κ2) is 8.49. The standard InChI is InChI=1S/C16H27FOSi/c1-4-18-19(2,3)13-8-6-5-7-10-15-11-9-12-16(17)14-15/h9,11-12,14H,4-8,10,13H2,1-3H3. The average Bonchev–Trinajstić information content (AvgIpc) is 2.33. The van der Waals surface area contributed by atoms with Crippen molar-refractivity contribution in [1.29, 1.82) is 0 Å². The topological polar surface area (TPSA) is 9.23 Å². The predicted molar refractivity (Wildman–Crippen MR) is 82.5 cm³/mol. The number of hydrogen-bond acceptors (Lipinski definition) is 1. The molecule has 0 aliphatic rings. The molecule has 0 saturated carbocycles. The summed E-state index contributed by atoms with van der Waals surface area (Å²) in [5, 5.41) is 0. The molecule has 3 heteroatoms. The van der Waals surface area contributed by atoms with Crippen molar-refractivity contribution >= 4 is 8.32 Å². The summed E-state index contributed by atoms with van der Waals surface area (Å²) in [6.45, 7) is 7.51. The second-order valence-electron chi connectivity index (χ2n) is 5.74. The third-order valence-corrected chi connectivity index (χ3v) is 6.05. The molecule has 1 aromatic rings. The van der Waals surface area contributed by atoms with Crippen LogP contribution in [-0.4, -0.2) is 14.9 Å². The van der Waals surface area contributed by atoms with Gasteiger partial charge in [0.05, 0.1) is 0 Å². The summed E-state index contributed by atoms with van der Waals surface area (Å²) in [6.07, 6.45) is 5.90. The third-order valence-electron chi connectivity index (χ3n) is 3.42. The summed E-state index contributed by atoms with van der Waals surface area (Å²) >= 11 is 0. The lowest BCUT2D eigenvalue weighted by Crippen LogP contribution is -2.29. The van der Waals surface area contributed by atoms with E-state index in [9.17, 15) is 4.39 Å². The van der Waals surface area contributed by atoms with Crippen LogP contribution < -0.4 is 0 Å². The van der Waals surface area contributed by atoms with Gasteiger partial charge in [-0.1, -0.05) is 31.4 Å². The van der Waals surface area contributed by atoms with Gasteiger partial charge in [0.2, 0.25) is 0 Å². The SMILES string of the molecule is CCO[Si](C)(C)CCCCCCc1cccc(F)c1. The van der Waals surface area contributed by atoms with E-state index in [1.807, 2.05) is 6.07 Å². The van der Waals surface area contributed by atoms with E-state index in [4.69, 9.17) is 4.43 Å². The highest BCUT2D eigenvalue weighted by molar-refractivity contribution is 6.71. The highest BCUT2D eigenvalue weighted by Gasteiger charge is 2.20. The van der Waals surface area contributed by atoms with Crippen LogP contribution in [0.5, 0.6) is 0 Å². The Morgan fingerprint density at radius 2 is 1.84 bits per heavy atom. The van der Waals surface area contributed by atoms with Gasteiger partial charge in [-0.25, -0.2) is 4.39 Å². The van der Waals surface area contributed by atoms with Gasteiger partial charge in [-0.05, 0) is 56.6 Å². The highest BCUT2D eigenvalue weighted by Crippen LogP contribution is 2.17. The molecular formula is C16H27FOSi. The molecule has 108 valence electrons. The number of benzene rings is 1. The molecule has 0 aliphatic heterocycles. The Labute approximate surface area is 118 Å². The van der Waals surface area contributed by atoms with Crippen LogP contribution in [0.1, 0.15) is 38.2 Å². The smallest absolute Gasteiger partial charge is 0.186 e. The van der Waals surface area contributed by atoms with E-state index in [1.54, 1.807) is 12.1 Å². The molecule has 1 nitrogen and oxygen atoms in total. The fraction of sp³-hybridized carbons (Fsp3) is 0.625. The van der Waals surface area contributed by atoms with E-state index in [0.717, 1.165) is 25.0 Å². The number of hydrogen-bond donors (Lipinski definition) is 0. The zero-order valence-corrected chi connectivity index (χ0v) is 13.5. The lowest BCUT2D eigenvalue weighted by Gasteiger charge is -2.21. The minimum absolute atomic E-state index is 0.123. The van der Waals surface area contributed by atoms with Crippen LogP contribution in [0.3, 0.4) is 0 Å². The fourth-order valence-electron chi connectivity index (χ4n) is 2.39. The van der Waals surface area contributed by atoms with Gasteiger partial charge in [-0.3, -0.25) is 0 Å². The van der Waals surface area contributed by atoms with Gasteiger partial charge in [0, 0.05) is 6.61 Å². The summed E-state index contributed by atoms with van der Waals surface area (Å²) in [4.78, 5) is 0. The number of rotatable bonds is 9. The van der Waals surface area contributed by atoms with E-state index in [0.29, 0.717) is 0 Å². The van der Waals surface area contributed by atoms with Crippen LogP contribution in [0.2, 0.25) is 19.1 Å². The van der Waals surface area contributed by atoms with Crippen molar-refractivity contribution in [1.82, 2.24) is 0 Å². The van der Waals surface area contributed by atoms with E-state index in [1.165, 1.54) is 31.4 Å². The molecule has 0 unspecified atom stereocenters. The number of aryl methyl sites for hydroxylation is 1. The van der Waals surface area contributed by atoms with Crippen molar-refractivity contribution in [2.75, 3.05) is 6.61 Å². The van der Waals surface area contributed by atoms with Gasteiger partial charge in [-0.2, -0.15) is 0 Å². The van der Waals surface area contributed by atoms with Crippen molar-refractivity contribution in [3.05, 3.63) is 35.6 Å². The molecule has 0 saturated heterocycles. The Kier molecular flexibility index (Phi) is 7.32. The molecule has 1 aromatic carbocycles. The average molecular weight is 282 g/mol. The van der Waals surface area contributed by atoms with Crippen LogP contribution in [0, 0.1) is 5.82 Å². The summed E-state index contributed by atoms with van der Waals surface area (Å²) in [7, 11) is -1.38. The molecule has 0 heterocycles. The molecule has 0 atom stereocenters. The van der Waals surface area contributed by atoms with Gasteiger partial charge in [0.15, 0.2) is 8.32 Å². The first-order valence-electron chi connectivity index (χ1n) is 7.42.